The van der Waals surface area contributed by atoms with Crippen molar-refractivity contribution in [1.82, 2.24) is 0 Å². The Hall–Kier alpha value is -1.29. The van der Waals surface area contributed by atoms with E-state index in [0.29, 0.717) is 26.3 Å². The molecule has 1 unspecified atom stereocenters. The second-order valence-corrected chi connectivity index (χ2v) is 5.58. The van der Waals surface area contributed by atoms with E-state index in [-0.39, 0.29) is 17.5 Å². The van der Waals surface area contributed by atoms with Crippen LogP contribution in [-0.2, 0) is 0 Å². The Bertz CT molecular complexity index is 647. The summed E-state index contributed by atoms with van der Waals surface area (Å²) in [5, 5.41) is 23.6. The molecular weight excluding hydrogens is 321 g/mol. The lowest BCUT2D eigenvalue weighted by Gasteiger charge is -2.18. The van der Waals surface area contributed by atoms with Crippen molar-refractivity contribution in [1.29, 1.82) is 0 Å². The third-order valence-electron chi connectivity index (χ3n) is 2.86. The third kappa shape index (κ3) is 3.23. The van der Waals surface area contributed by atoms with E-state index < -0.39 is 0 Å². The molecule has 0 spiro atoms. The van der Waals surface area contributed by atoms with Gasteiger partial charge in [-0.25, -0.2) is 0 Å². The van der Waals surface area contributed by atoms with Crippen LogP contribution in [0.3, 0.4) is 0 Å². The first-order chi connectivity index (χ1) is 9.38. The van der Waals surface area contributed by atoms with Crippen molar-refractivity contribution >= 4 is 40.5 Å². The summed E-state index contributed by atoms with van der Waals surface area (Å²) in [7, 11) is 0. The highest BCUT2D eigenvalue weighted by Crippen LogP contribution is 2.36. The van der Waals surface area contributed by atoms with E-state index in [1.54, 1.807) is 12.1 Å². The molecule has 106 valence electrons. The lowest BCUT2D eigenvalue weighted by Crippen LogP contribution is -2.07. The molecule has 0 radical (unpaired) electrons. The minimum Gasteiger partial charge on any atom is -0.508 e. The van der Waals surface area contributed by atoms with Gasteiger partial charge >= 0.3 is 0 Å². The monoisotopic (exact) mass is 331 g/mol. The molecule has 0 fully saturated rings. The molecular formula is C14H12Cl3NO2. The molecule has 2 aromatic carbocycles. The predicted molar refractivity (Wildman–Crippen MR) is 83.3 cm³/mol. The van der Waals surface area contributed by atoms with Crippen molar-refractivity contribution in [3.8, 4) is 11.5 Å². The van der Waals surface area contributed by atoms with Crippen LogP contribution in [0.5, 0.6) is 11.5 Å². The zero-order valence-electron chi connectivity index (χ0n) is 10.5. The molecule has 0 amide bonds. The molecule has 3 N–H and O–H groups in total. The Morgan fingerprint density at radius 2 is 1.60 bits per heavy atom. The molecule has 0 aromatic heterocycles. The van der Waals surface area contributed by atoms with Crippen molar-refractivity contribution in [2.75, 3.05) is 5.32 Å². The second-order valence-electron chi connectivity index (χ2n) is 4.36. The summed E-state index contributed by atoms with van der Waals surface area (Å²) in [6.45, 7) is 1.83. The summed E-state index contributed by atoms with van der Waals surface area (Å²) in [5.41, 5.74) is 1.14. The minimum absolute atomic E-state index is 0.0756. The van der Waals surface area contributed by atoms with Crippen LogP contribution in [0.1, 0.15) is 18.5 Å². The number of halogens is 3. The van der Waals surface area contributed by atoms with Crippen LogP contribution >= 0.6 is 34.8 Å². The molecule has 1 atom stereocenters. The standard InChI is InChI=1S/C14H12Cl3NO2/c1-7(9-4-8(19)2-3-14(9)20)18-13-6-11(16)10(15)5-12(13)17/h2-7,18-20H,1H3. The van der Waals surface area contributed by atoms with Crippen molar-refractivity contribution in [3.05, 3.63) is 51.0 Å². The van der Waals surface area contributed by atoms with Crippen molar-refractivity contribution in [2.45, 2.75) is 13.0 Å². The Balaban J connectivity index is 2.30. The first-order valence-electron chi connectivity index (χ1n) is 5.81. The van der Waals surface area contributed by atoms with E-state index >= 15 is 0 Å². The van der Waals surface area contributed by atoms with Gasteiger partial charge in [-0.2, -0.15) is 0 Å². The quantitative estimate of drug-likeness (QED) is 0.533. The van der Waals surface area contributed by atoms with E-state index in [9.17, 15) is 10.2 Å². The van der Waals surface area contributed by atoms with E-state index in [1.807, 2.05) is 6.92 Å². The van der Waals surface area contributed by atoms with Gasteiger partial charge in [0, 0.05) is 5.56 Å². The number of phenols is 2. The maximum Gasteiger partial charge on any atom is 0.121 e. The summed E-state index contributed by atoms with van der Waals surface area (Å²) in [6, 6.07) is 7.21. The molecule has 2 rings (SSSR count). The SMILES string of the molecule is CC(Nc1cc(Cl)c(Cl)cc1Cl)c1cc(O)ccc1O. The van der Waals surface area contributed by atoms with Crippen LogP contribution in [0.4, 0.5) is 5.69 Å². The molecule has 0 aliphatic rings. The van der Waals surface area contributed by atoms with E-state index in [2.05, 4.69) is 5.32 Å². The van der Waals surface area contributed by atoms with Crippen LogP contribution in [0, 0.1) is 0 Å². The van der Waals surface area contributed by atoms with Gasteiger partial charge in [-0.15, -0.1) is 0 Å². The number of aromatic hydroxyl groups is 2. The molecule has 0 aliphatic carbocycles. The highest BCUT2D eigenvalue weighted by atomic mass is 35.5. The number of benzene rings is 2. The van der Waals surface area contributed by atoms with Crippen molar-refractivity contribution in [2.24, 2.45) is 0 Å². The molecule has 20 heavy (non-hydrogen) atoms. The van der Waals surface area contributed by atoms with Crippen LogP contribution in [-0.4, -0.2) is 10.2 Å². The van der Waals surface area contributed by atoms with Gasteiger partial charge in [0.1, 0.15) is 11.5 Å². The highest BCUT2D eigenvalue weighted by molar-refractivity contribution is 6.44. The molecule has 0 saturated heterocycles. The molecule has 0 bridgehead atoms. The van der Waals surface area contributed by atoms with Gasteiger partial charge in [0.05, 0.1) is 26.8 Å². The topological polar surface area (TPSA) is 52.5 Å². The van der Waals surface area contributed by atoms with Crippen LogP contribution in [0.2, 0.25) is 15.1 Å². The van der Waals surface area contributed by atoms with Crippen molar-refractivity contribution in [3.63, 3.8) is 0 Å². The average molecular weight is 333 g/mol. The Kier molecular flexibility index (Phi) is 4.53. The molecule has 0 aliphatic heterocycles. The lowest BCUT2D eigenvalue weighted by molar-refractivity contribution is 0.451. The molecule has 0 saturated carbocycles. The van der Waals surface area contributed by atoms with Crippen LogP contribution in [0.15, 0.2) is 30.3 Å². The number of nitrogens with one attached hydrogen (secondary N) is 1. The van der Waals surface area contributed by atoms with Gasteiger partial charge in [0.2, 0.25) is 0 Å². The number of hydrogen-bond donors (Lipinski definition) is 3. The maximum atomic E-state index is 9.82. The van der Waals surface area contributed by atoms with E-state index in [1.165, 1.54) is 18.2 Å². The van der Waals surface area contributed by atoms with E-state index in [4.69, 9.17) is 34.8 Å². The van der Waals surface area contributed by atoms with Gasteiger partial charge in [0.25, 0.3) is 0 Å². The highest BCUT2D eigenvalue weighted by Gasteiger charge is 2.14. The zero-order valence-corrected chi connectivity index (χ0v) is 12.8. The fourth-order valence-corrected chi connectivity index (χ4v) is 2.43. The smallest absolute Gasteiger partial charge is 0.121 e. The largest absolute Gasteiger partial charge is 0.508 e. The van der Waals surface area contributed by atoms with Gasteiger partial charge in [-0.1, -0.05) is 34.8 Å². The summed E-state index contributed by atoms with van der Waals surface area (Å²) >= 11 is 17.9. The molecule has 0 heterocycles. The van der Waals surface area contributed by atoms with Gasteiger partial charge in [-0.3, -0.25) is 0 Å². The minimum atomic E-state index is -0.281. The number of phenolic OH excluding ortho intramolecular Hbond substituents is 2. The summed E-state index contributed by atoms with van der Waals surface area (Å²) in [4.78, 5) is 0. The number of anilines is 1. The van der Waals surface area contributed by atoms with Gasteiger partial charge in [-0.05, 0) is 37.3 Å². The lowest BCUT2D eigenvalue weighted by atomic mass is 10.1. The maximum absolute atomic E-state index is 9.82. The fourth-order valence-electron chi connectivity index (χ4n) is 1.83. The Morgan fingerprint density at radius 3 is 2.30 bits per heavy atom. The summed E-state index contributed by atoms with van der Waals surface area (Å²) in [5.74, 6) is 0.158. The normalized spacial score (nSPS) is 12.2. The molecule has 6 heteroatoms. The van der Waals surface area contributed by atoms with Crippen LogP contribution in [0.25, 0.3) is 0 Å². The fraction of sp³-hybridized carbons (Fsp3) is 0.143. The van der Waals surface area contributed by atoms with Gasteiger partial charge < -0.3 is 15.5 Å². The zero-order chi connectivity index (χ0) is 14.9. The first-order valence-corrected chi connectivity index (χ1v) is 6.95. The Morgan fingerprint density at radius 1 is 0.950 bits per heavy atom. The summed E-state index contributed by atoms with van der Waals surface area (Å²) in [6.07, 6.45) is 0. The molecule has 3 nitrogen and oxygen atoms in total. The van der Waals surface area contributed by atoms with E-state index in [0.717, 1.165) is 0 Å². The third-order valence-corrected chi connectivity index (χ3v) is 3.89. The number of hydrogen-bond acceptors (Lipinski definition) is 3. The molecule has 2 aromatic rings. The number of rotatable bonds is 3. The Labute approximate surface area is 131 Å². The van der Waals surface area contributed by atoms with Gasteiger partial charge in [0.15, 0.2) is 0 Å². The summed E-state index contributed by atoms with van der Waals surface area (Å²) < 4.78 is 0. The average Bonchev–Trinajstić information content (AvgIpc) is 2.38. The predicted octanol–water partition coefficient (Wildman–Crippen LogP) is 5.23. The first kappa shape index (κ1) is 15.1. The second kappa shape index (κ2) is 6.00. The van der Waals surface area contributed by atoms with Crippen LogP contribution < -0.4 is 5.32 Å². The van der Waals surface area contributed by atoms with Crippen molar-refractivity contribution < 1.29 is 10.2 Å².